The van der Waals surface area contributed by atoms with Gasteiger partial charge >= 0.3 is 0 Å². The highest BCUT2D eigenvalue weighted by Crippen LogP contribution is 2.33. The third kappa shape index (κ3) is 2.57. The van der Waals surface area contributed by atoms with Crippen molar-refractivity contribution in [3.05, 3.63) is 23.2 Å². The Kier molecular flexibility index (Phi) is 3.30. The number of hydrogen-bond acceptors (Lipinski definition) is 3. The van der Waals surface area contributed by atoms with Crippen LogP contribution in [0.5, 0.6) is 0 Å². The predicted octanol–water partition coefficient (Wildman–Crippen LogP) is 2.18. The van der Waals surface area contributed by atoms with Crippen LogP contribution in [0.2, 0.25) is 5.02 Å². The topological polar surface area (TPSA) is 67.2 Å². The van der Waals surface area contributed by atoms with Gasteiger partial charge in [0, 0.05) is 31.1 Å². The Morgan fingerprint density at radius 1 is 1.39 bits per heavy atom. The zero-order valence-electron chi connectivity index (χ0n) is 12.8. The molecular formula is C16H17ClN4O2. The van der Waals surface area contributed by atoms with Crippen molar-refractivity contribution in [2.75, 3.05) is 11.9 Å². The smallest absolute Gasteiger partial charge is 0.232 e. The van der Waals surface area contributed by atoms with Gasteiger partial charge in [-0.3, -0.25) is 14.9 Å². The summed E-state index contributed by atoms with van der Waals surface area (Å²) < 4.78 is 1.82. The first-order valence-corrected chi connectivity index (χ1v) is 8.13. The van der Waals surface area contributed by atoms with E-state index in [0.717, 1.165) is 23.9 Å². The number of halogens is 1. The monoisotopic (exact) mass is 332 g/mol. The molecule has 1 atom stereocenters. The number of hydrogen-bond donors (Lipinski definition) is 1. The summed E-state index contributed by atoms with van der Waals surface area (Å²) >= 11 is 5.98. The van der Waals surface area contributed by atoms with E-state index in [9.17, 15) is 9.59 Å². The first-order chi connectivity index (χ1) is 11.0. The molecule has 120 valence electrons. The van der Waals surface area contributed by atoms with Gasteiger partial charge in [0.05, 0.1) is 17.0 Å². The van der Waals surface area contributed by atoms with Crippen LogP contribution in [0.25, 0.3) is 11.0 Å². The van der Waals surface area contributed by atoms with E-state index in [4.69, 9.17) is 11.6 Å². The minimum Gasteiger partial charge on any atom is -0.339 e. The maximum Gasteiger partial charge on any atom is 0.232 e. The van der Waals surface area contributed by atoms with Gasteiger partial charge < -0.3 is 9.47 Å². The first kappa shape index (κ1) is 14.5. The SMILES string of the molecule is Cn1c(NC(=O)[C@H]2CC(=O)N(C3CC3)C2)nc2cc(Cl)ccc21. The van der Waals surface area contributed by atoms with Crippen LogP contribution in [0.4, 0.5) is 5.95 Å². The third-order valence-electron chi connectivity index (χ3n) is 4.59. The number of aryl methyl sites for hydroxylation is 1. The van der Waals surface area contributed by atoms with Gasteiger partial charge in [-0.25, -0.2) is 4.98 Å². The van der Waals surface area contributed by atoms with Gasteiger partial charge in [0.1, 0.15) is 0 Å². The predicted molar refractivity (Wildman–Crippen MR) is 87.2 cm³/mol. The maximum absolute atomic E-state index is 12.5. The molecule has 2 fully saturated rings. The lowest BCUT2D eigenvalue weighted by molar-refractivity contribution is -0.128. The lowest BCUT2D eigenvalue weighted by Crippen LogP contribution is -2.30. The molecule has 0 bridgehead atoms. The van der Waals surface area contributed by atoms with Gasteiger partial charge in [-0.05, 0) is 31.0 Å². The Morgan fingerprint density at radius 3 is 2.91 bits per heavy atom. The van der Waals surface area contributed by atoms with Crippen molar-refractivity contribution in [2.24, 2.45) is 13.0 Å². The summed E-state index contributed by atoms with van der Waals surface area (Å²) in [7, 11) is 1.84. The van der Waals surface area contributed by atoms with E-state index in [-0.39, 0.29) is 24.2 Å². The number of nitrogens with one attached hydrogen (secondary N) is 1. The number of amides is 2. The molecule has 2 aromatic rings. The summed E-state index contributed by atoms with van der Waals surface area (Å²) in [6.45, 7) is 0.519. The molecule has 1 saturated heterocycles. The standard InChI is InChI=1S/C16H17ClN4O2/c1-20-13-5-2-10(17)7-12(13)18-16(20)19-15(23)9-6-14(22)21(8-9)11-3-4-11/h2,5,7,9,11H,3-4,6,8H2,1H3,(H,18,19,23)/t9-/m0/s1. The second-order valence-corrected chi connectivity index (χ2v) is 6.73. The van der Waals surface area contributed by atoms with Gasteiger partial charge in [0.25, 0.3) is 0 Å². The van der Waals surface area contributed by atoms with Crippen molar-refractivity contribution in [2.45, 2.75) is 25.3 Å². The van der Waals surface area contributed by atoms with Gasteiger partial charge in [-0.15, -0.1) is 0 Å². The van der Waals surface area contributed by atoms with Crippen LogP contribution < -0.4 is 5.32 Å². The Balaban J connectivity index is 1.52. The number of anilines is 1. The molecule has 2 aliphatic rings. The Bertz CT molecular complexity index is 812. The normalized spacial score (nSPS) is 21.2. The molecule has 2 amide bonds. The quantitative estimate of drug-likeness (QED) is 0.936. The van der Waals surface area contributed by atoms with E-state index < -0.39 is 0 Å². The summed E-state index contributed by atoms with van der Waals surface area (Å²) in [6.07, 6.45) is 2.41. The van der Waals surface area contributed by atoms with Crippen LogP contribution in [0, 0.1) is 5.92 Å². The second-order valence-electron chi connectivity index (χ2n) is 6.30. The number of fused-ring (bicyclic) bond motifs is 1. The van der Waals surface area contributed by atoms with Crippen molar-refractivity contribution in [1.82, 2.24) is 14.5 Å². The molecule has 4 rings (SSSR count). The second kappa shape index (κ2) is 5.23. The minimum atomic E-state index is -0.300. The molecule has 2 heterocycles. The summed E-state index contributed by atoms with van der Waals surface area (Å²) in [6, 6.07) is 5.79. The molecule has 0 unspecified atom stereocenters. The van der Waals surface area contributed by atoms with Gasteiger partial charge in [-0.2, -0.15) is 0 Å². The zero-order valence-corrected chi connectivity index (χ0v) is 13.5. The van der Waals surface area contributed by atoms with Crippen molar-refractivity contribution < 1.29 is 9.59 Å². The lowest BCUT2D eigenvalue weighted by atomic mass is 10.1. The minimum absolute atomic E-state index is 0.0874. The largest absolute Gasteiger partial charge is 0.339 e. The Hall–Kier alpha value is -2.08. The van der Waals surface area contributed by atoms with Gasteiger partial charge in [0.2, 0.25) is 17.8 Å². The average molecular weight is 333 g/mol. The highest BCUT2D eigenvalue weighted by molar-refractivity contribution is 6.31. The molecule has 0 spiro atoms. The summed E-state index contributed by atoms with van der Waals surface area (Å²) in [5, 5.41) is 3.46. The fourth-order valence-electron chi connectivity index (χ4n) is 3.14. The molecule has 23 heavy (non-hydrogen) atoms. The number of benzene rings is 1. The van der Waals surface area contributed by atoms with Crippen LogP contribution in [-0.4, -0.2) is 38.9 Å². The average Bonchev–Trinajstić information content (AvgIpc) is 3.21. The number of rotatable bonds is 3. The molecule has 1 aliphatic heterocycles. The number of carbonyl (C=O) groups excluding carboxylic acids is 2. The van der Waals surface area contributed by atoms with Gasteiger partial charge in [0.15, 0.2) is 0 Å². The van der Waals surface area contributed by atoms with E-state index in [1.54, 1.807) is 12.1 Å². The van der Waals surface area contributed by atoms with Crippen molar-refractivity contribution in [3.63, 3.8) is 0 Å². The Labute approximate surface area is 138 Å². The van der Waals surface area contributed by atoms with Crippen molar-refractivity contribution in [3.8, 4) is 0 Å². The molecule has 6 nitrogen and oxygen atoms in total. The summed E-state index contributed by atoms with van der Waals surface area (Å²) in [5.74, 6) is 0.117. The molecular weight excluding hydrogens is 316 g/mol. The van der Waals surface area contributed by atoms with E-state index in [2.05, 4.69) is 10.3 Å². The van der Waals surface area contributed by atoms with Crippen LogP contribution >= 0.6 is 11.6 Å². The van der Waals surface area contributed by atoms with E-state index in [0.29, 0.717) is 23.6 Å². The fourth-order valence-corrected chi connectivity index (χ4v) is 3.31. The molecule has 1 aromatic heterocycles. The van der Waals surface area contributed by atoms with E-state index in [1.807, 2.05) is 22.6 Å². The van der Waals surface area contributed by atoms with E-state index >= 15 is 0 Å². The fraction of sp³-hybridized carbons (Fsp3) is 0.438. The number of nitrogens with zero attached hydrogens (tertiary/aromatic N) is 3. The lowest BCUT2D eigenvalue weighted by Gasteiger charge is -2.15. The first-order valence-electron chi connectivity index (χ1n) is 7.75. The number of carbonyl (C=O) groups is 2. The molecule has 0 radical (unpaired) electrons. The maximum atomic E-state index is 12.5. The zero-order chi connectivity index (χ0) is 16.1. The molecule has 1 aromatic carbocycles. The number of likely N-dealkylation sites (tertiary alicyclic amines) is 1. The summed E-state index contributed by atoms with van der Waals surface area (Å²) in [5.41, 5.74) is 1.63. The summed E-state index contributed by atoms with van der Waals surface area (Å²) in [4.78, 5) is 30.7. The van der Waals surface area contributed by atoms with E-state index in [1.165, 1.54) is 0 Å². The third-order valence-corrected chi connectivity index (χ3v) is 4.83. The van der Waals surface area contributed by atoms with Gasteiger partial charge in [-0.1, -0.05) is 11.6 Å². The van der Waals surface area contributed by atoms with Crippen LogP contribution in [0.15, 0.2) is 18.2 Å². The van der Waals surface area contributed by atoms with Crippen molar-refractivity contribution >= 4 is 40.4 Å². The Morgan fingerprint density at radius 2 is 2.17 bits per heavy atom. The molecule has 1 saturated carbocycles. The highest BCUT2D eigenvalue weighted by Gasteiger charge is 2.41. The molecule has 1 aliphatic carbocycles. The highest BCUT2D eigenvalue weighted by atomic mass is 35.5. The number of imidazole rings is 1. The molecule has 7 heteroatoms. The molecule has 1 N–H and O–H groups in total. The number of aromatic nitrogens is 2. The van der Waals surface area contributed by atoms with Crippen LogP contribution in [-0.2, 0) is 16.6 Å². The van der Waals surface area contributed by atoms with Crippen LogP contribution in [0.3, 0.4) is 0 Å². The van der Waals surface area contributed by atoms with Crippen LogP contribution in [0.1, 0.15) is 19.3 Å². The van der Waals surface area contributed by atoms with Crippen molar-refractivity contribution in [1.29, 1.82) is 0 Å².